The molecule has 1 heteroatoms. The van der Waals surface area contributed by atoms with Gasteiger partial charge in [-0.1, -0.05) is 56.5 Å². The van der Waals surface area contributed by atoms with Crippen molar-refractivity contribution in [3.63, 3.8) is 0 Å². The van der Waals surface area contributed by atoms with Crippen molar-refractivity contribution in [3.8, 4) is 0 Å². The van der Waals surface area contributed by atoms with Gasteiger partial charge in [-0.05, 0) is 37.2 Å². The first-order chi connectivity index (χ1) is 8.24. The molecule has 94 valence electrons. The van der Waals surface area contributed by atoms with E-state index in [9.17, 15) is 5.11 Å². The third kappa shape index (κ3) is 3.10. The molecule has 1 N–H and O–H groups in total. The van der Waals surface area contributed by atoms with E-state index in [1.165, 1.54) is 32.1 Å². The molecule has 1 aromatic carbocycles. The number of hydrogen-bond donors (Lipinski definition) is 1. The van der Waals surface area contributed by atoms with Gasteiger partial charge in [-0.2, -0.15) is 0 Å². The molecule has 1 saturated carbocycles. The van der Waals surface area contributed by atoms with E-state index in [-0.39, 0.29) is 0 Å². The fourth-order valence-corrected chi connectivity index (χ4v) is 2.97. The van der Waals surface area contributed by atoms with Crippen LogP contribution >= 0.6 is 0 Å². The molecule has 17 heavy (non-hydrogen) atoms. The largest absolute Gasteiger partial charge is 0.385 e. The molecule has 0 bridgehead atoms. The minimum Gasteiger partial charge on any atom is -0.385 e. The normalized spacial score (nSPS) is 29.2. The Morgan fingerprint density at radius 3 is 2.41 bits per heavy atom. The molecule has 1 aliphatic rings. The molecular formula is C16H24O. The second-order valence-corrected chi connectivity index (χ2v) is 5.48. The lowest BCUT2D eigenvalue weighted by atomic mass is 9.74. The monoisotopic (exact) mass is 232 g/mol. The Labute approximate surface area is 105 Å². The molecule has 0 radical (unpaired) electrons. The Morgan fingerprint density at radius 2 is 1.82 bits per heavy atom. The average Bonchev–Trinajstić information content (AvgIpc) is 2.39. The highest BCUT2D eigenvalue weighted by atomic mass is 16.3. The fourth-order valence-electron chi connectivity index (χ4n) is 2.97. The first-order valence-electron chi connectivity index (χ1n) is 7.02. The van der Waals surface area contributed by atoms with Gasteiger partial charge in [0.05, 0.1) is 5.60 Å². The minimum atomic E-state index is -0.552. The molecule has 0 heterocycles. The maximum atomic E-state index is 10.7. The van der Waals surface area contributed by atoms with Crippen molar-refractivity contribution in [2.75, 3.05) is 0 Å². The van der Waals surface area contributed by atoms with Crippen LogP contribution in [-0.2, 0) is 5.60 Å². The van der Waals surface area contributed by atoms with Crippen molar-refractivity contribution in [2.45, 2.75) is 57.5 Å². The lowest BCUT2D eigenvalue weighted by Gasteiger charge is -2.36. The number of unbranched alkanes of at least 4 members (excludes halogenated alkanes) is 1. The molecule has 0 aromatic heterocycles. The predicted molar refractivity (Wildman–Crippen MR) is 71.8 cm³/mol. The highest BCUT2D eigenvalue weighted by molar-refractivity contribution is 5.22. The first-order valence-corrected chi connectivity index (χ1v) is 7.02. The van der Waals surface area contributed by atoms with Crippen molar-refractivity contribution in [2.24, 2.45) is 5.92 Å². The van der Waals surface area contributed by atoms with Crippen LogP contribution in [0.2, 0.25) is 0 Å². The topological polar surface area (TPSA) is 20.2 Å². The Morgan fingerprint density at radius 1 is 1.18 bits per heavy atom. The number of hydrogen-bond acceptors (Lipinski definition) is 1. The van der Waals surface area contributed by atoms with E-state index in [4.69, 9.17) is 0 Å². The summed E-state index contributed by atoms with van der Waals surface area (Å²) in [6.07, 6.45) is 8.23. The van der Waals surface area contributed by atoms with Gasteiger partial charge in [0.15, 0.2) is 0 Å². The summed E-state index contributed by atoms with van der Waals surface area (Å²) in [6, 6.07) is 10.2. The van der Waals surface area contributed by atoms with Gasteiger partial charge in [-0.25, -0.2) is 0 Å². The predicted octanol–water partition coefficient (Wildman–Crippen LogP) is 4.25. The highest BCUT2D eigenvalue weighted by Crippen LogP contribution is 2.40. The van der Waals surface area contributed by atoms with Crippen LogP contribution in [0.4, 0.5) is 0 Å². The number of benzene rings is 1. The van der Waals surface area contributed by atoms with Crippen LogP contribution in [0.15, 0.2) is 30.3 Å². The van der Waals surface area contributed by atoms with Gasteiger partial charge in [0, 0.05) is 0 Å². The van der Waals surface area contributed by atoms with Gasteiger partial charge in [-0.3, -0.25) is 0 Å². The summed E-state index contributed by atoms with van der Waals surface area (Å²) in [5, 5.41) is 10.7. The summed E-state index contributed by atoms with van der Waals surface area (Å²) in [4.78, 5) is 0. The quantitative estimate of drug-likeness (QED) is 0.822. The van der Waals surface area contributed by atoms with Crippen LogP contribution in [-0.4, -0.2) is 5.11 Å². The zero-order valence-electron chi connectivity index (χ0n) is 10.9. The smallest absolute Gasteiger partial charge is 0.0896 e. The number of aliphatic hydroxyl groups is 1. The van der Waals surface area contributed by atoms with Crippen molar-refractivity contribution >= 4 is 0 Å². The SMILES string of the molecule is CCCC[C@H]1CC[C@](O)(c2ccccc2)CC1. The third-order valence-corrected chi connectivity index (χ3v) is 4.21. The van der Waals surface area contributed by atoms with E-state index in [1.807, 2.05) is 18.2 Å². The third-order valence-electron chi connectivity index (χ3n) is 4.21. The maximum absolute atomic E-state index is 10.7. The van der Waals surface area contributed by atoms with E-state index in [0.29, 0.717) is 0 Å². The van der Waals surface area contributed by atoms with E-state index >= 15 is 0 Å². The van der Waals surface area contributed by atoms with E-state index < -0.39 is 5.60 Å². The maximum Gasteiger partial charge on any atom is 0.0896 e. The van der Waals surface area contributed by atoms with Gasteiger partial charge in [0.2, 0.25) is 0 Å². The molecule has 2 rings (SSSR count). The number of rotatable bonds is 4. The highest BCUT2D eigenvalue weighted by Gasteiger charge is 2.34. The van der Waals surface area contributed by atoms with Crippen LogP contribution in [0.1, 0.15) is 57.4 Å². The standard InChI is InChI=1S/C16H24O/c1-2-3-7-14-10-12-16(17,13-11-14)15-8-5-4-6-9-15/h4-6,8-9,14,17H,2-3,7,10-13H2,1H3/t14-,16+. The summed E-state index contributed by atoms with van der Waals surface area (Å²) in [5.41, 5.74) is 0.554. The molecule has 0 amide bonds. The lowest BCUT2D eigenvalue weighted by molar-refractivity contribution is -0.0153. The van der Waals surface area contributed by atoms with E-state index in [0.717, 1.165) is 24.3 Å². The first kappa shape index (κ1) is 12.6. The van der Waals surface area contributed by atoms with Crippen LogP contribution in [0.25, 0.3) is 0 Å². The molecule has 1 nitrogen and oxygen atoms in total. The van der Waals surface area contributed by atoms with Crippen molar-refractivity contribution in [1.82, 2.24) is 0 Å². The van der Waals surface area contributed by atoms with Crippen LogP contribution in [0.5, 0.6) is 0 Å². The van der Waals surface area contributed by atoms with Crippen molar-refractivity contribution in [3.05, 3.63) is 35.9 Å². The zero-order valence-corrected chi connectivity index (χ0v) is 10.9. The van der Waals surface area contributed by atoms with Crippen molar-refractivity contribution in [1.29, 1.82) is 0 Å². The summed E-state index contributed by atoms with van der Waals surface area (Å²) in [6.45, 7) is 2.25. The summed E-state index contributed by atoms with van der Waals surface area (Å²) in [5.74, 6) is 0.846. The second-order valence-electron chi connectivity index (χ2n) is 5.48. The summed E-state index contributed by atoms with van der Waals surface area (Å²) >= 11 is 0. The molecule has 0 unspecified atom stereocenters. The summed E-state index contributed by atoms with van der Waals surface area (Å²) in [7, 11) is 0. The lowest BCUT2D eigenvalue weighted by Crippen LogP contribution is -2.31. The molecule has 0 spiro atoms. The molecule has 0 atom stereocenters. The van der Waals surface area contributed by atoms with Crippen LogP contribution in [0.3, 0.4) is 0 Å². The molecular weight excluding hydrogens is 208 g/mol. The minimum absolute atomic E-state index is 0.552. The molecule has 1 aliphatic carbocycles. The Balaban J connectivity index is 1.93. The Bertz CT molecular complexity index is 323. The van der Waals surface area contributed by atoms with Gasteiger partial charge in [0.1, 0.15) is 0 Å². The van der Waals surface area contributed by atoms with Crippen LogP contribution < -0.4 is 0 Å². The second kappa shape index (κ2) is 5.68. The molecule has 0 saturated heterocycles. The fraction of sp³-hybridized carbons (Fsp3) is 0.625. The average molecular weight is 232 g/mol. The van der Waals surface area contributed by atoms with Gasteiger partial charge in [0.25, 0.3) is 0 Å². The van der Waals surface area contributed by atoms with Gasteiger partial charge < -0.3 is 5.11 Å². The van der Waals surface area contributed by atoms with E-state index in [1.54, 1.807) is 0 Å². The molecule has 0 aliphatic heterocycles. The molecule has 1 fully saturated rings. The van der Waals surface area contributed by atoms with E-state index in [2.05, 4.69) is 19.1 Å². The van der Waals surface area contributed by atoms with Crippen molar-refractivity contribution < 1.29 is 5.11 Å². The summed E-state index contributed by atoms with van der Waals surface area (Å²) < 4.78 is 0. The zero-order chi connectivity index (χ0) is 12.1. The Kier molecular flexibility index (Phi) is 4.22. The van der Waals surface area contributed by atoms with Gasteiger partial charge >= 0.3 is 0 Å². The Hall–Kier alpha value is -0.820. The van der Waals surface area contributed by atoms with Gasteiger partial charge in [-0.15, -0.1) is 0 Å². The van der Waals surface area contributed by atoms with Crippen LogP contribution in [0, 0.1) is 5.92 Å². The molecule has 1 aromatic rings.